The van der Waals surface area contributed by atoms with Crippen molar-refractivity contribution in [1.82, 2.24) is 15.1 Å². The van der Waals surface area contributed by atoms with Crippen molar-refractivity contribution in [1.29, 1.82) is 0 Å². The minimum Gasteiger partial charge on any atom is -0.357 e. The monoisotopic (exact) mass is 500 g/mol. The first-order chi connectivity index (χ1) is 10.1. The van der Waals surface area contributed by atoms with Crippen molar-refractivity contribution in [2.75, 3.05) is 32.7 Å². The predicted molar refractivity (Wildman–Crippen MR) is 106 cm³/mol. The highest BCUT2D eigenvalue weighted by atomic mass is 127. The molecule has 0 bridgehead atoms. The van der Waals surface area contributed by atoms with Crippen LogP contribution in [0.1, 0.15) is 18.7 Å². The minimum absolute atomic E-state index is 0. The zero-order valence-corrected chi connectivity index (χ0v) is 17.6. The number of carbonyl (C=O) groups excluding carboxylic acids is 1. The second-order valence-electron chi connectivity index (χ2n) is 4.87. The molecule has 5 nitrogen and oxygen atoms in total. The normalized spacial score (nSPS) is 15.5. The van der Waals surface area contributed by atoms with Gasteiger partial charge in [0.25, 0.3) is 0 Å². The molecule has 8 heteroatoms. The maximum atomic E-state index is 11.4. The molecular formula is C14H22BrIN4OS. The van der Waals surface area contributed by atoms with Gasteiger partial charge in [-0.2, -0.15) is 0 Å². The summed E-state index contributed by atoms with van der Waals surface area (Å²) in [5, 5.41) is 3.34. The average Bonchev–Trinajstić information content (AvgIpc) is 2.89. The van der Waals surface area contributed by atoms with Crippen molar-refractivity contribution in [3.8, 4) is 0 Å². The van der Waals surface area contributed by atoms with Gasteiger partial charge in [-0.1, -0.05) is 0 Å². The zero-order chi connectivity index (χ0) is 15.2. The number of amides is 1. The van der Waals surface area contributed by atoms with Gasteiger partial charge in [-0.25, -0.2) is 4.99 Å². The molecule has 1 fully saturated rings. The largest absolute Gasteiger partial charge is 0.357 e. The molecule has 0 unspecified atom stereocenters. The first-order valence-corrected chi connectivity index (χ1v) is 8.74. The number of thiophene rings is 1. The first-order valence-electron chi connectivity index (χ1n) is 7.13. The van der Waals surface area contributed by atoms with E-state index in [1.807, 2.05) is 11.0 Å². The number of halogens is 2. The fourth-order valence-electron chi connectivity index (χ4n) is 2.25. The molecule has 22 heavy (non-hydrogen) atoms. The summed E-state index contributed by atoms with van der Waals surface area (Å²) in [6.45, 7) is 8.44. The Morgan fingerprint density at radius 1 is 1.32 bits per heavy atom. The van der Waals surface area contributed by atoms with E-state index in [0.717, 1.165) is 42.5 Å². The molecule has 1 aromatic rings. The SMILES string of the molecule is CCNC(=NCc1ccc(Br)s1)N1CCN(C(C)=O)CC1.I. The van der Waals surface area contributed by atoms with Crippen molar-refractivity contribution in [3.63, 3.8) is 0 Å². The van der Waals surface area contributed by atoms with Gasteiger partial charge in [0.2, 0.25) is 5.91 Å². The first kappa shape index (κ1) is 19.7. The van der Waals surface area contributed by atoms with Crippen LogP contribution in [0.3, 0.4) is 0 Å². The van der Waals surface area contributed by atoms with Crippen molar-refractivity contribution in [2.24, 2.45) is 4.99 Å². The van der Waals surface area contributed by atoms with Crippen LogP contribution in [0, 0.1) is 0 Å². The van der Waals surface area contributed by atoms with Crippen LogP contribution in [-0.2, 0) is 11.3 Å². The van der Waals surface area contributed by atoms with Gasteiger partial charge in [-0.05, 0) is 35.0 Å². The number of nitrogens with zero attached hydrogens (tertiary/aromatic N) is 3. The average molecular weight is 501 g/mol. The van der Waals surface area contributed by atoms with Crippen LogP contribution in [0.15, 0.2) is 20.9 Å². The highest BCUT2D eigenvalue weighted by Gasteiger charge is 2.20. The van der Waals surface area contributed by atoms with Crippen LogP contribution in [0.2, 0.25) is 0 Å². The Bertz CT molecular complexity index is 515. The van der Waals surface area contributed by atoms with E-state index in [0.29, 0.717) is 6.54 Å². The van der Waals surface area contributed by atoms with E-state index >= 15 is 0 Å². The van der Waals surface area contributed by atoms with E-state index in [2.05, 4.69) is 39.1 Å². The molecule has 0 radical (unpaired) electrons. The molecule has 0 saturated carbocycles. The fourth-order valence-corrected chi connectivity index (χ4v) is 3.66. The molecule has 1 aromatic heterocycles. The maximum Gasteiger partial charge on any atom is 0.219 e. The Balaban J connectivity index is 0.00000242. The third-order valence-electron chi connectivity index (χ3n) is 3.37. The Morgan fingerprint density at radius 2 is 1.95 bits per heavy atom. The standard InChI is InChI=1S/C14H21BrN4OS.HI/c1-3-16-14(17-10-12-4-5-13(15)21-12)19-8-6-18(7-9-19)11(2)20;/h4-5H,3,6-10H2,1-2H3,(H,16,17);1H. The van der Waals surface area contributed by atoms with Gasteiger partial charge in [0.05, 0.1) is 10.3 Å². The molecule has 124 valence electrons. The van der Waals surface area contributed by atoms with E-state index in [1.165, 1.54) is 4.88 Å². The summed E-state index contributed by atoms with van der Waals surface area (Å²) in [5.74, 6) is 1.09. The summed E-state index contributed by atoms with van der Waals surface area (Å²) in [7, 11) is 0. The molecular weight excluding hydrogens is 479 g/mol. The lowest BCUT2D eigenvalue weighted by atomic mass is 10.3. The lowest BCUT2D eigenvalue weighted by molar-refractivity contribution is -0.130. The summed E-state index contributed by atoms with van der Waals surface area (Å²) >= 11 is 5.18. The number of guanidine groups is 1. The van der Waals surface area contributed by atoms with Gasteiger partial charge < -0.3 is 15.1 Å². The molecule has 0 aliphatic carbocycles. The second-order valence-corrected chi connectivity index (χ2v) is 7.42. The number of hydrogen-bond donors (Lipinski definition) is 1. The van der Waals surface area contributed by atoms with E-state index in [1.54, 1.807) is 18.3 Å². The van der Waals surface area contributed by atoms with Crippen LogP contribution in [0.5, 0.6) is 0 Å². The van der Waals surface area contributed by atoms with Gasteiger partial charge >= 0.3 is 0 Å². The number of nitrogens with one attached hydrogen (secondary N) is 1. The Labute approximate surface area is 161 Å². The van der Waals surface area contributed by atoms with Crippen molar-refractivity contribution < 1.29 is 4.79 Å². The molecule has 1 N–H and O–H groups in total. The number of rotatable bonds is 3. The van der Waals surface area contributed by atoms with E-state index in [4.69, 9.17) is 4.99 Å². The molecule has 1 saturated heterocycles. The summed E-state index contributed by atoms with van der Waals surface area (Å²) in [5.41, 5.74) is 0. The minimum atomic E-state index is 0. The maximum absolute atomic E-state index is 11.4. The number of carbonyl (C=O) groups is 1. The molecule has 0 aromatic carbocycles. The predicted octanol–water partition coefficient (Wildman–Crippen LogP) is 2.76. The van der Waals surface area contributed by atoms with Crippen LogP contribution in [0.25, 0.3) is 0 Å². The Hall–Kier alpha value is -0.350. The van der Waals surface area contributed by atoms with E-state index < -0.39 is 0 Å². The molecule has 1 aliphatic heterocycles. The molecule has 1 aliphatic rings. The number of hydrogen-bond acceptors (Lipinski definition) is 3. The Kier molecular flexibility index (Phi) is 8.70. The third kappa shape index (κ3) is 5.69. The summed E-state index contributed by atoms with van der Waals surface area (Å²) < 4.78 is 1.13. The smallest absolute Gasteiger partial charge is 0.219 e. The topological polar surface area (TPSA) is 47.9 Å². The van der Waals surface area contributed by atoms with Gasteiger partial charge in [-0.15, -0.1) is 35.3 Å². The van der Waals surface area contributed by atoms with Gasteiger partial charge in [0.1, 0.15) is 0 Å². The van der Waals surface area contributed by atoms with E-state index in [9.17, 15) is 4.79 Å². The highest BCUT2D eigenvalue weighted by molar-refractivity contribution is 14.0. The second kappa shape index (κ2) is 9.71. The van der Waals surface area contributed by atoms with Crippen LogP contribution < -0.4 is 5.32 Å². The molecule has 2 heterocycles. The summed E-state index contributed by atoms with van der Waals surface area (Å²) in [6, 6.07) is 4.14. The van der Waals surface area contributed by atoms with Gasteiger partial charge in [0.15, 0.2) is 5.96 Å². The molecule has 1 amide bonds. The quantitative estimate of drug-likeness (QED) is 0.394. The van der Waals surface area contributed by atoms with Crippen LogP contribution in [-0.4, -0.2) is 54.4 Å². The third-order valence-corrected chi connectivity index (χ3v) is 4.98. The summed E-state index contributed by atoms with van der Waals surface area (Å²) in [6.07, 6.45) is 0. The van der Waals surface area contributed by atoms with E-state index in [-0.39, 0.29) is 29.9 Å². The zero-order valence-electron chi connectivity index (χ0n) is 12.8. The summed E-state index contributed by atoms with van der Waals surface area (Å²) in [4.78, 5) is 21.4. The fraction of sp³-hybridized carbons (Fsp3) is 0.571. The van der Waals surface area contributed by atoms with Gasteiger partial charge in [0, 0.05) is 44.5 Å². The number of aliphatic imine (C=N–C) groups is 1. The Morgan fingerprint density at radius 3 is 2.45 bits per heavy atom. The van der Waals surface area contributed by atoms with Crippen LogP contribution in [0.4, 0.5) is 0 Å². The van der Waals surface area contributed by atoms with Gasteiger partial charge in [-0.3, -0.25) is 4.79 Å². The van der Waals surface area contributed by atoms with Crippen molar-refractivity contribution >= 4 is 63.1 Å². The molecule has 2 rings (SSSR count). The molecule has 0 atom stereocenters. The lowest BCUT2D eigenvalue weighted by Crippen LogP contribution is -2.53. The lowest BCUT2D eigenvalue weighted by Gasteiger charge is -2.36. The van der Waals surface area contributed by atoms with Crippen LogP contribution >= 0.6 is 51.2 Å². The number of piperazine rings is 1. The highest BCUT2D eigenvalue weighted by Crippen LogP contribution is 2.22. The molecule has 0 spiro atoms. The van der Waals surface area contributed by atoms with Crippen molar-refractivity contribution in [3.05, 3.63) is 20.8 Å². The van der Waals surface area contributed by atoms with Crippen molar-refractivity contribution in [2.45, 2.75) is 20.4 Å².